The molecule has 2 amide bonds. The van der Waals surface area contributed by atoms with Crippen molar-refractivity contribution in [3.05, 3.63) is 53.4 Å². The number of thiocarbonyl (C=S) groups is 1. The maximum atomic E-state index is 11.7. The van der Waals surface area contributed by atoms with Crippen molar-refractivity contribution in [3.8, 4) is 0 Å². The maximum absolute atomic E-state index is 11.7. The molecular weight excluding hydrogens is 376 g/mol. The molecule has 3 heterocycles. The molecule has 1 fully saturated rings. The summed E-state index contributed by atoms with van der Waals surface area (Å²) in [6.45, 7) is 0. The summed E-state index contributed by atoms with van der Waals surface area (Å²) in [5.41, 5.74) is 0.0470. The fourth-order valence-electron chi connectivity index (χ4n) is 1.60. The van der Waals surface area contributed by atoms with Crippen LogP contribution in [0.4, 0.5) is 0 Å². The quantitative estimate of drug-likeness (QED) is 0.430. The lowest BCUT2D eigenvalue weighted by molar-refractivity contribution is -0.123. The number of amides is 2. The van der Waals surface area contributed by atoms with Gasteiger partial charge in [-0.15, -0.1) is 0 Å². The van der Waals surface area contributed by atoms with Crippen LogP contribution in [-0.4, -0.2) is 16.9 Å². The third kappa shape index (κ3) is 3.72. The summed E-state index contributed by atoms with van der Waals surface area (Å²) < 4.78 is 2.54. The highest BCUT2D eigenvalue weighted by Gasteiger charge is 2.25. The van der Waals surface area contributed by atoms with E-state index < -0.39 is 11.8 Å². The van der Waals surface area contributed by atoms with Crippen LogP contribution in [0.15, 0.2) is 53.4 Å². The molecule has 2 N–H and O–H groups in total. The van der Waals surface area contributed by atoms with E-state index in [1.165, 1.54) is 14.6 Å². The lowest BCUT2D eigenvalue weighted by Gasteiger charge is -2.15. The fourth-order valence-corrected chi connectivity index (χ4v) is 6.14. The number of rotatable bonds is 2. The number of thioether (sulfide) groups is 4. The van der Waals surface area contributed by atoms with Gasteiger partial charge >= 0.3 is 0 Å². The Kier molecular flexibility index (Phi) is 5.19. The monoisotopic (exact) mass is 384 g/mol. The summed E-state index contributed by atoms with van der Waals surface area (Å²) in [4.78, 5) is 24.4. The van der Waals surface area contributed by atoms with E-state index in [-0.39, 0.29) is 10.7 Å². The minimum Gasteiger partial charge on any atom is -0.299 e. The largest absolute Gasteiger partial charge is 0.299 e. The van der Waals surface area contributed by atoms with Crippen molar-refractivity contribution in [2.75, 3.05) is 0 Å². The predicted octanol–water partition coefficient (Wildman–Crippen LogP) is 3.40. The molecule has 0 atom stereocenters. The molecular formula is C13H8N2O2S5. The van der Waals surface area contributed by atoms with Crippen molar-refractivity contribution in [1.29, 1.82) is 0 Å². The van der Waals surface area contributed by atoms with E-state index in [2.05, 4.69) is 26.9 Å². The Morgan fingerprint density at radius 2 is 1.68 bits per heavy atom. The molecule has 0 aromatic heterocycles. The Bertz CT molecular complexity index is 686. The SMILES string of the molecule is O=C1NC(=S)NC(=O)C1=C/C=C/C1=CSC(=C2SC=CS2)S1. The average Bonchev–Trinajstić information content (AvgIpc) is 3.12. The van der Waals surface area contributed by atoms with Crippen LogP contribution in [0.25, 0.3) is 0 Å². The molecule has 3 aliphatic rings. The van der Waals surface area contributed by atoms with Gasteiger partial charge in [-0.05, 0) is 40.6 Å². The molecule has 0 saturated carbocycles. The highest BCUT2D eigenvalue weighted by molar-refractivity contribution is 8.33. The highest BCUT2D eigenvalue weighted by atomic mass is 32.2. The van der Waals surface area contributed by atoms with Crippen LogP contribution in [0.5, 0.6) is 0 Å². The second-order valence-electron chi connectivity index (χ2n) is 4.00. The first-order valence-corrected chi connectivity index (χ1v) is 9.82. The summed E-state index contributed by atoms with van der Waals surface area (Å²) in [6.07, 6.45) is 5.07. The molecule has 0 aromatic rings. The third-order valence-corrected chi connectivity index (χ3v) is 7.74. The van der Waals surface area contributed by atoms with Gasteiger partial charge in [-0.1, -0.05) is 53.1 Å². The maximum Gasteiger partial charge on any atom is 0.263 e. The standard InChI is InChI=1S/C13H8N2O2S5/c16-9-8(10(17)15-13(18)14-9)3-1-2-7-6-21-12(22-7)11-19-4-5-20-11/h1-6H,(H2,14,15,16,17,18)/b2-1+. The van der Waals surface area contributed by atoms with E-state index in [0.29, 0.717) is 0 Å². The highest BCUT2D eigenvalue weighted by Crippen LogP contribution is 2.53. The van der Waals surface area contributed by atoms with Crippen LogP contribution in [-0.2, 0) is 9.59 Å². The summed E-state index contributed by atoms with van der Waals surface area (Å²) in [7, 11) is 0. The Morgan fingerprint density at radius 1 is 1.00 bits per heavy atom. The van der Waals surface area contributed by atoms with E-state index in [4.69, 9.17) is 12.2 Å². The molecule has 9 heteroatoms. The predicted molar refractivity (Wildman–Crippen MR) is 101 cm³/mol. The Morgan fingerprint density at radius 3 is 2.36 bits per heavy atom. The van der Waals surface area contributed by atoms with Gasteiger partial charge in [0.05, 0.1) is 8.47 Å². The molecule has 0 bridgehead atoms. The zero-order chi connectivity index (χ0) is 15.5. The third-order valence-electron chi connectivity index (χ3n) is 2.53. The van der Waals surface area contributed by atoms with Crippen molar-refractivity contribution in [3.63, 3.8) is 0 Å². The lowest BCUT2D eigenvalue weighted by atomic mass is 10.2. The van der Waals surface area contributed by atoms with Crippen LogP contribution in [0, 0.1) is 0 Å². The number of hydrogen-bond acceptors (Lipinski definition) is 7. The topological polar surface area (TPSA) is 58.2 Å². The second kappa shape index (κ2) is 7.14. The van der Waals surface area contributed by atoms with Crippen LogP contribution >= 0.6 is 59.3 Å². The number of hydrogen-bond donors (Lipinski definition) is 2. The number of allylic oxidation sites excluding steroid dienone is 3. The van der Waals surface area contributed by atoms with Gasteiger partial charge in [-0.3, -0.25) is 20.2 Å². The zero-order valence-electron chi connectivity index (χ0n) is 10.8. The molecule has 3 aliphatic heterocycles. The Hall–Kier alpha value is -0.870. The summed E-state index contributed by atoms with van der Waals surface area (Å²) >= 11 is 11.6. The lowest BCUT2D eigenvalue weighted by Crippen LogP contribution is -2.51. The van der Waals surface area contributed by atoms with E-state index in [1.54, 1.807) is 53.1 Å². The molecule has 0 unspecified atom stereocenters. The van der Waals surface area contributed by atoms with E-state index in [1.807, 2.05) is 6.08 Å². The molecule has 3 rings (SSSR count). The number of nitrogens with one attached hydrogen (secondary N) is 2. The first-order chi connectivity index (χ1) is 10.6. The average molecular weight is 385 g/mol. The van der Waals surface area contributed by atoms with Crippen molar-refractivity contribution in [2.24, 2.45) is 0 Å². The zero-order valence-corrected chi connectivity index (χ0v) is 14.9. The van der Waals surface area contributed by atoms with Gasteiger partial charge in [0.1, 0.15) is 5.57 Å². The Balaban J connectivity index is 1.64. The molecule has 4 nitrogen and oxygen atoms in total. The minimum absolute atomic E-state index is 0.0398. The molecule has 0 aliphatic carbocycles. The second-order valence-corrected chi connectivity index (χ2v) is 8.72. The first kappa shape index (κ1) is 16.0. The van der Waals surface area contributed by atoms with Crippen LogP contribution in [0.2, 0.25) is 0 Å². The molecule has 0 radical (unpaired) electrons. The van der Waals surface area contributed by atoms with E-state index >= 15 is 0 Å². The first-order valence-electron chi connectivity index (χ1n) is 5.96. The van der Waals surface area contributed by atoms with E-state index in [0.717, 1.165) is 4.91 Å². The van der Waals surface area contributed by atoms with Gasteiger partial charge in [0.15, 0.2) is 5.11 Å². The number of carbonyl (C=O) groups is 2. The van der Waals surface area contributed by atoms with Gasteiger partial charge < -0.3 is 0 Å². The minimum atomic E-state index is -0.478. The van der Waals surface area contributed by atoms with Crippen molar-refractivity contribution in [1.82, 2.24) is 10.6 Å². The van der Waals surface area contributed by atoms with Gasteiger partial charge in [-0.2, -0.15) is 0 Å². The van der Waals surface area contributed by atoms with Gasteiger partial charge in [-0.25, -0.2) is 0 Å². The molecule has 22 heavy (non-hydrogen) atoms. The molecule has 0 aromatic carbocycles. The molecule has 112 valence electrons. The summed E-state index contributed by atoms with van der Waals surface area (Å²) in [6, 6.07) is 0. The van der Waals surface area contributed by atoms with Crippen LogP contribution in [0.3, 0.4) is 0 Å². The van der Waals surface area contributed by atoms with Crippen LogP contribution in [0.1, 0.15) is 0 Å². The fraction of sp³-hybridized carbons (Fsp3) is 0. The smallest absolute Gasteiger partial charge is 0.263 e. The van der Waals surface area contributed by atoms with Crippen molar-refractivity contribution < 1.29 is 9.59 Å². The van der Waals surface area contributed by atoms with Gasteiger partial charge in [0.25, 0.3) is 11.8 Å². The Labute approximate surface area is 149 Å². The molecule has 1 saturated heterocycles. The van der Waals surface area contributed by atoms with Crippen LogP contribution < -0.4 is 10.6 Å². The van der Waals surface area contributed by atoms with Gasteiger partial charge in [0, 0.05) is 4.91 Å². The normalized spacial score (nSPS) is 21.5. The molecule has 0 spiro atoms. The summed E-state index contributed by atoms with van der Waals surface area (Å²) in [5.74, 6) is -0.957. The summed E-state index contributed by atoms with van der Waals surface area (Å²) in [5, 5.41) is 11.0. The van der Waals surface area contributed by atoms with E-state index in [9.17, 15) is 9.59 Å². The van der Waals surface area contributed by atoms with Crippen molar-refractivity contribution in [2.45, 2.75) is 0 Å². The van der Waals surface area contributed by atoms with Crippen molar-refractivity contribution >= 4 is 76.2 Å². The number of carbonyl (C=O) groups excluding carboxylic acids is 2. The van der Waals surface area contributed by atoms with Gasteiger partial charge in [0.2, 0.25) is 0 Å².